The van der Waals surface area contributed by atoms with E-state index in [-0.39, 0.29) is 35.2 Å². The summed E-state index contributed by atoms with van der Waals surface area (Å²) in [5.41, 5.74) is 2.48. The lowest BCUT2D eigenvalue weighted by Gasteiger charge is -2.34. The molecule has 4 aromatic rings. The number of anilines is 1. The molecule has 2 amide bonds. The fourth-order valence-electron chi connectivity index (χ4n) is 4.68. The van der Waals surface area contributed by atoms with Crippen molar-refractivity contribution >= 4 is 27.5 Å². The minimum Gasteiger partial charge on any atom is -0.495 e. The van der Waals surface area contributed by atoms with E-state index >= 15 is 0 Å². The van der Waals surface area contributed by atoms with Gasteiger partial charge >= 0.3 is 0 Å². The molecule has 1 heterocycles. The van der Waals surface area contributed by atoms with Crippen LogP contribution in [0.5, 0.6) is 11.5 Å². The average molecular weight is 586 g/mol. The smallest absolute Gasteiger partial charge is 0.262 e. The van der Waals surface area contributed by atoms with E-state index in [0.717, 1.165) is 11.1 Å². The van der Waals surface area contributed by atoms with E-state index in [2.05, 4.69) is 10.0 Å². The summed E-state index contributed by atoms with van der Waals surface area (Å²) >= 11 is 0. The SMILES string of the molecule is COc1ccc(C(=O)N2CC(C(=O)NCCc3ccccc3)Oc3ccccc32)cc1S(=O)(=O)NCc1ccccc1. The predicted octanol–water partition coefficient (Wildman–Crippen LogP) is 3.94. The molecule has 216 valence electrons. The fraction of sp³-hybridized carbons (Fsp3) is 0.188. The molecule has 5 rings (SSSR count). The van der Waals surface area contributed by atoms with Crippen LogP contribution in [0.4, 0.5) is 5.69 Å². The maximum Gasteiger partial charge on any atom is 0.262 e. The highest BCUT2D eigenvalue weighted by molar-refractivity contribution is 7.89. The summed E-state index contributed by atoms with van der Waals surface area (Å²) in [6.07, 6.45) is -0.298. The highest BCUT2D eigenvalue weighted by Gasteiger charge is 2.34. The lowest BCUT2D eigenvalue weighted by molar-refractivity contribution is -0.127. The Morgan fingerprint density at radius 1 is 0.905 bits per heavy atom. The van der Waals surface area contributed by atoms with Crippen LogP contribution in [0, 0.1) is 0 Å². The Morgan fingerprint density at radius 2 is 1.57 bits per heavy atom. The van der Waals surface area contributed by atoms with Crippen LogP contribution in [0.15, 0.2) is 108 Å². The lowest BCUT2D eigenvalue weighted by atomic mass is 10.1. The molecule has 42 heavy (non-hydrogen) atoms. The molecule has 10 heteroatoms. The molecule has 1 aliphatic rings. The third-order valence-corrected chi connectivity index (χ3v) is 8.30. The molecule has 0 aromatic heterocycles. The topological polar surface area (TPSA) is 114 Å². The standard InChI is InChI=1S/C32H31N3O6S/c1-40-28-17-16-25(20-30(28)42(38,39)34-21-24-12-6-3-7-13-24)32(37)35-22-29(41-27-15-9-8-14-26(27)35)31(36)33-19-18-23-10-4-2-5-11-23/h2-17,20,29,34H,18-19,21-22H2,1H3,(H,33,36). The molecule has 0 bridgehead atoms. The number of rotatable bonds is 10. The molecule has 0 aliphatic carbocycles. The van der Waals surface area contributed by atoms with Crippen LogP contribution in [0.1, 0.15) is 21.5 Å². The number of sulfonamides is 1. The number of ether oxygens (including phenoxy) is 2. The molecule has 1 aliphatic heterocycles. The van der Waals surface area contributed by atoms with Crippen molar-refractivity contribution in [2.45, 2.75) is 24.0 Å². The first kappa shape index (κ1) is 28.8. The number of fused-ring (bicyclic) bond motifs is 1. The minimum absolute atomic E-state index is 0.0482. The number of nitrogens with zero attached hydrogens (tertiary/aromatic N) is 1. The van der Waals surface area contributed by atoms with Crippen molar-refractivity contribution < 1.29 is 27.5 Å². The van der Waals surface area contributed by atoms with E-state index in [0.29, 0.717) is 24.4 Å². The number of amides is 2. The zero-order valence-electron chi connectivity index (χ0n) is 23.0. The monoisotopic (exact) mass is 585 g/mol. The van der Waals surface area contributed by atoms with Gasteiger partial charge in [-0.15, -0.1) is 0 Å². The van der Waals surface area contributed by atoms with Crippen LogP contribution >= 0.6 is 0 Å². The zero-order chi connectivity index (χ0) is 29.5. The number of methoxy groups -OCH3 is 1. The third-order valence-electron chi connectivity index (χ3n) is 6.88. The molecular formula is C32H31N3O6S. The van der Waals surface area contributed by atoms with Gasteiger partial charge in [-0.05, 0) is 47.9 Å². The van der Waals surface area contributed by atoms with E-state index in [1.54, 1.807) is 24.3 Å². The van der Waals surface area contributed by atoms with Crippen molar-refractivity contribution in [1.82, 2.24) is 10.0 Å². The lowest BCUT2D eigenvalue weighted by Crippen LogP contribution is -2.51. The number of para-hydroxylation sites is 2. The molecule has 2 N–H and O–H groups in total. The molecule has 0 radical (unpaired) electrons. The maximum absolute atomic E-state index is 13.9. The largest absolute Gasteiger partial charge is 0.495 e. The number of carbonyl (C=O) groups is 2. The molecule has 0 saturated heterocycles. The van der Waals surface area contributed by atoms with Gasteiger partial charge in [0.25, 0.3) is 11.8 Å². The third kappa shape index (κ3) is 6.62. The van der Waals surface area contributed by atoms with Crippen LogP contribution in [-0.2, 0) is 27.8 Å². The number of carbonyl (C=O) groups excluding carboxylic acids is 2. The summed E-state index contributed by atoms with van der Waals surface area (Å²) in [5.74, 6) is -0.340. The Hall–Kier alpha value is -4.67. The van der Waals surface area contributed by atoms with Crippen molar-refractivity contribution in [1.29, 1.82) is 0 Å². The van der Waals surface area contributed by atoms with Gasteiger partial charge in [0.2, 0.25) is 10.0 Å². The molecule has 4 aromatic carbocycles. The molecular weight excluding hydrogens is 554 g/mol. The summed E-state index contributed by atoms with van der Waals surface area (Å²) in [4.78, 5) is 28.2. The van der Waals surface area contributed by atoms with E-state index in [1.165, 1.54) is 30.2 Å². The van der Waals surface area contributed by atoms with Crippen LogP contribution < -0.4 is 24.4 Å². The Kier molecular flexibility index (Phi) is 8.85. The van der Waals surface area contributed by atoms with E-state index in [4.69, 9.17) is 9.47 Å². The van der Waals surface area contributed by atoms with Crippen molar-refractivity contribution in [2.24, 2.45) is 0 Å². The summed E-state index contributed by atoms with van der Waals surface area (Å²) in [5, 5.41) is 2.90. The Morgan fingerprint density at radius 3 is 2.29 bits per heavy atom. The van der Waals surface area contributed by atoms with Crippen molar-refractivity contribution in [2.75, 3.05) is 25.1 Å². The number of nitrogens with one attached hydrogen (secondary N) is 2. The summed E-state index contributed by atoms with van der Waals surface area (Å²) in [7, 11) is -2.67. The second kappa shape index (κ2) is 12.9. The molecule has 9 nitrogen and oxygen atoms in total. The minimum atomic E-state index is -4.04. The van der Waals surface area contributed by atoms with Crippen LogP contribution in [0.3, 0.4) is 0 Å². The van der Waals surface area contributed by atoms with Gasteiger partial charge in [-0.3, -0.25) is 9.59 Å². The van der Waals surface area contributed by atoms with E-state index in [1.807, 2.05) is 60.7 Å². The van der Waals surface area contributed by atoms with Gasteiger partial charge in [0.05, 0.1) is 19.3 Å². The summed E-state index contributed by atoms with van der Waals surface area (Å²) < 4.78 is 40.4. The van der Waals surface area contributed by atoms with Crippen LogP contribution in [0.2, 0.25) is 0 Å². The van der Waals surface area contributed by atoms with Crippen molar-refractivity contribution in [3.63, 3.8) is 0 Å². The second-order valence-corrected chi connectivity index (χ2v) is 11.4. The van der Waals surface area contributed by atoms with Gasteiger partial charge in [-0.2, -0.15) is 0 Å². The normalized spacial score (nSPS) is 14.4. The van der Waals surface area contributed by atoms with Crippen molar-refractivity contribution in [3.8, 4) is 11.5 Å². The van der Waals surface area contributed by atoms with Gasteiger partial charge in [-0.1, -0.05) is 72.8 Å². The molecule has 0 fully saturated rings. The first-order valence-corrected chi connectivity index (χ1v) is 14.9. The average Bonchev–Trinajstić information content (AvgIpc) is 3.03. The second-order valence-electron chi connectivity index (χ2n) is 9.69. The fourth-order valence-corrected chi connectivity index (χ4v) is 5.89. The zero-order valence-corrected chi connectivity index (χ0v) is 23.8. The molecule has 0 spiro atoms. The molecule has 0 saturated carbocycles. The van der Waals surface area contributed by atoms with E-state index in [9.17, 15) is 18.0 Å². The Bertz CT molecular complexity index is 1660. The van der Waals surface area contributed by atoms with Gasteiger partial charge in [0, 0.05) is 18.7 Å². The summed E-state index contributed by atoms with van der Waals surface area (Å²) in [6, 6.07) is 30.1. The van der Waals surface area contributed by atoms with Crippen LogP contribution in [0.25, 0.3) is 0 Å². The highest BCUT2D eigenvalue weighted by atomic mass is 32.2. The number of hydrogen-bond donors (Lipinski definition) is 2. The van der Waals surface area contributed by atoms with Gasteiger partial charge in [-0.25, -0.2) is 13.1 Å². The van der Waals surface area contributed by atoms with Crippen molar-refractivity contribution in [3.05, 3.63) is 120 Å². The van der Waals surface area contributed by atoms with Crippen LogP contribution in [-0.4, -0.2) is 46.5 Å². The van der Waals surface area contributed by atoms with E-state index < -0.39 is 22.0 Å². The Balaban J connectivity index is 1.36. The molecule has 1 atom stereocenters. The quantitative estimate of drug-likeness (QED) is 0.292. The number of benzene rings is 4. The number of hydrogen-bond acceptors (Lipinski definition) is 6. The first-order valence-electron chi connectivity index (χ1n) is 13.5. The summed E-state index contributed by atoms with van der Waals surface area (Å²) in [6.45, 7) is 0.434. The van der Waals surface area contributed by atoms with Gasteiger partial charge in [0.1, 0.15) is 16.4 Å². The predicted molar refractivity (Wildman–Crippen MR) is 159 cm³/mol. The van der Waals surface area contributed by atoms with Gasteiger partial charge < -0.3 is 19.7 Å². The first-order chi connectivity index (χ1) is 20.4. The maximum atomic E-state index is 13.9. The highest BCUT2D eigenvalue weighted by Crippen LogP contribution is 2.35. The Labute approximate surface area is 245 Å². The van der Waals surface area contributed by atoms with Gasteiger partial charge in [0.15, 0.2) is 6.10 Å². The molecule has 1 unspecified atom stereocenters.